The fraction of sp³-hybridized carbons (Fsp3) is 0.130. The zero-order chi connectivity index (χ0) is 21.1. The number of ether oxygens (including phenoxy) is 1. The molecule has 1 heterocycles. The number of aliphatic imine (C=N–C) groups is 1. The lowest BCUT2D eigenvalue weighted by molar-refractivity contribution is -0.135. The monoisotopic (exact) mass is 426 g/mol. The second-order valence-electron chi connectivity index (χ2n) is 5.84. The van der Waals surface area contributed by atoms with Gasteiger partial charge in [-0.1, -0.05) is 54.2 Å². The minimum atomic E-state index is -0.394. The number of hydrogen-bond donors (Lipinski definition) is 1. The number of methoxy groups -OCH3 is 1. The number of esters is 1. The molecule has 150 valence electrons. The van der Waals surface area contributed by atoms with Gasteiger partial charge in [0.2, 0.25) is 0 Å². The molecule has 4 nitrogen and oxygen atoms in total. The molecule has 6 heteroatoms. The van der Waals surface area contributed by atoms with E-state index in [1.54, 1.807) is 49.5 Å². The minimum Gasteiger partial charge on any atom is -0.465 e. The second-order valence-corrected chi connectivity index (χ2v) is 7.45. The van der Waals surface area contributed by atoms with Crippen LogP contribution in [0.5, 0.6) is 0 Å². The molecule has 0 radical (unpaired) electrons. The molecule has 0 unspecified atom stereocenters. The van der Waals surface area contributed by atoms with Crippen molar-refractivity contribution in [1.29, 1.82) is 0 Å². The van der Waals surface area contributed by atoms with E-state index < -0.39 is 5.97 Å². The van der Waals surface area contributed by atoms with E-state index in [-0.39, 0.29) is 0 Å². The molecule has 2 rings (SSSR count). The molecule has 1 N–H and O–H groups in total. The zero-order valence-electron chi connectivity index (χ0n) is 16.4. The van der Waals surface area contributed by atoms with E-state index in [2.05, 4.69) is 23.0 Å². The van der Waals surface area contributed by atoms with Crippen LogP contribution in [0.3, 0.4) is 0 Å². The number of halogens is 1. The van der Waals surface area contributed by atoms with Gasteiger partial charge >= 0.3 is 5.97 Å². The third-order valence-electron chi connectivity index (χ3n) is 3.86. The van der Waals surface area contributed by atoms with Gasteiger partial charge in [0.25, 0.3) is 0 Å². The van der Waals surface area contributed by atoms with Crippen LogP contribution in [-0.4, -0.2) is 19.4 Å². The predicted molar refractivity (Wildman–Crippen MR) is 123 cm³/mol. The first kappa shape index (κ1) is 22.5. The zero-order valence-corrected chi connectivity index (χ0v) is 18.0. The summed E-state index contributed by atoms with van der Waals surface area (Å²) in [6.45, 7) is 5.96. The molecule has 0 saturated heterocycles. The Kier molecular flexibility index (Phi) is 9.28. The summed E-state index contributed by atoms with van der Waals surface area (Å²) < 4.78 is 4.79. The lowest BCUT2D eigenvalue weighted by Gasteiger charge is -2.15. The number of rotatable bonds is 6. The van der Waals surface area contributed by atoms with Crippen LogP contribution in [0.2, 0.25) is 5.02 Å². The lowest BCUT2D eigenvalue weighted by atomic mass is 10.1. The summed E-state index contributed by atoms with van der Waals surface area (Å²) in [4.78, 5) is 18.1. The van der Waals surface area contributed by atoms with E-state index in [1.165, 1.54) is 7.11 Å². The van der Waals surface area contributed by atoms with Crippen molar-refractivity contribution in [3.05, 3.63) is 100 Å². The second kappa shape index (κ2) is 11.9. The van der Waals surface area contributed by atoms with Crippen molar-refractivity contribution in [1.82, 2.24) is 5.32 Å². The molecular formula is C23H23ClN2O2S. The van der Waals surface area contributed by atoms with Crippen LogP contribution in [0.15, 0.2) is 105 Å². The van der Waals surface area contributed by atoms with E-state index >= 15 is 0 Å². The van der Waals surface area contributed by atoms with Gasteiger partial charge in [-0.05, 0) is 55.3 Å². The van der Waals surface area contributed by atoms with Crippen molar-refractivity contribution in [2.45, 2.75) is 18.2 Å². The van der Waals surface area contributed by atoms with E-state index in [9.17, 15) is 4.79 Å². The van der Waals surface area contributed by atoms with Crippen LogP contribution in [0.25, 0.3) is 0 Å². The van der Waals surface area contributed by atoms with Crippen molar-refractivity contribution in [2.24, 2.45) is 4.99 Å². The fourth-order valence-electron chi connectivity index (χ4n) is 2.36. The Hall–Kier alpha value is -2.76. The molecular weight excluding hydrogens is 404 g/mol. The van der Waals surface area contributed by atoms with Crippen LogP contribution < -0.4 is 5.32 Å². The maximum absolute atomic E-state index is 11.8. The summed E-state index contributed by atoms with van der Waals surface area (Å²) in [7, 11) is 1.36. The van der Waals surface area contributed by atoms with Gasteiger partial charge in [0, 0.05) is 21.0 Å². The topological polar surface area (TPSA) is 50.7 Å². The average Bonchev–Trinajstić information content (AvgIpc) is 2.74. The SMILES string of the molecule is C=C(/C=C\C(=C/C)C(=O)OC)/C1=C(\Sc2ccc(Cl)cc2)C/C=C/C=C\N=CN1. The molecule has 29 heavy (non-hydrogen) atoms. The number of allylic oxidation sites excluding steroid dienone is 6. The van der Waals surface area contributed by atoms with Gasteiger partial charge in [-0.15, -0.1) is 0 Å². The van der Waals surface area contributed by atoms with E-state index in [4.69, 9.17) is 16.3 Å². The molecule has 0 spiro atoms. The molecule has 1 aliphatic rings. The molecule has 1 aromatic carbocycles. The van der Waals surface area contributed by atoms with Crippen molar-refractivity contribution < 1.29 is 9.53 Å². The Bertz CT molecular complexity index is 923. The molecule has 1 aliphatic heterocycles. The highest BCUT2D eigenvalue weighted by Gasteiger charge is 2.11. The summed E-state index contributed by atoms with van der Waals surface area (Å²) in [5.74, 6) is -0.394. The number of benzene rings is 1. The number of carbonyl (C=O) groups excluding carboxylic acids is 1. The van der Waals surface area contributed by atoms with Gasteiger partial charge in [-0.25, -0.2) is 9.79 Å². The standard InChI is InChI=1S/C23H23ClN2O2S/c1-4-18(23(27)28-3)10-9-17(2)22-21(8-6-5-7-15-25-16-26-22)29-20-13-11-19(24)12-14-20/h4-7,9-16H,2,8H2,1,3H3,(H,25,26)/b6-5+,10-9-,15-7-,18-4+,22-21+. The Morgan fingerprint density at radius 2 is 2.03 bits per heavy atom. The third kappa shape index (κ3) is 7.29. The number of hydrogen-bond acceptors (Lipinski definition) is 5. The first-order valence-electron chi connectivity index (χ1n) is 8.93. The Balaban J connectivity index is 2.38. The molecule has 0 fully saturated rings. The van der Waals surface area contributed by atoms with Crippen LogP contribution in [0.1, 0.15) is 13.3 Å². The van der Waals surface area contributed by atoms with Crippen LogP contribution in [-0.2, 0) is 9.53 Å². The Morgan fingerprint density at radius 1 is 1.28 bits per heavy atom. The molecule has 0 aliphatic carbocycles. The van der Waals surface area contributed by atoms with Crippen LogP contribution >= 0.6 is 23.4 Å². The summed E-state index contributed by atoms with van der Waals surface area (Å²) in [6.07, 6.45) is 15.1. The highest BCUT2D eigenvalue weighted by molar-refractivity contribution is 8.03. The number of carbonyl (C=O) groups is 1. The molecule has 0 aromatic heterocycles. The number of nitrogens with zero attached hydrogens (tertiary/aromatic N) is 1. The van der Waals surface area contributed by atoms with Gasteiger partial charge < -0.3 is 10.1 Å². The number of thioether (sulfide) groups is 1. The summed E-state index contributed by atoms with van der Waals surface area (Å²) >= 11 is 7.63. The van der Waals surface area contributed by atoms with Gasteiger partial charge in [0.1, 0.15) is 0 Å². The third-order valence-corrected chi connectivity index (χ3v) is 5.23. The highest BCUT2D eigenvalue weighted by Crippen LogP contribution is 2.34. The van der Waals surface area contributed by atoms with Crippen molar-refractivity contribution >= 4 is 35.7 Å². The fourth-order valence-corrected chi connectivity index (χ4v) is 3.52. The van der Waals surface area contributed by atoms with Gasteiger partial charge in [0.15, 0.2) is 0 Å². The van der Waals surface area contributed by atoms with Crippen LogP contribution in [0.4, 0.5) is 0 Å². The summed E-state index contributed by atoms with van der Waals surface area (Å²) in [5, 5.41) is 3.92. The molecule has 0 atom stereocenters. The van der Waals surface area contributed by atoms with E-state index in [0.29, 0.717) is 22.6 Å². The van der Waals surface area contributed by atoms with Crippen molar-refractivity contribution in [3.8, 4) is 0 Å². The van der Waals surface area contributed by atoms with Gasteiger partial charge in [-0.3, -0.25) is 0 Å². The maximum Gasteiger partial charge on any atom is 0.337 e. The lowest BCUT2D eigenvalue weighted by Crippen LogP contribution is -2.14. The van der Waals surface area contributed by atoms with Crippen LogP contribution in [0, 0.1) is 0 Å². The van der Waals surface area contributed by atoms with Gasteiger partial charge in [0.05, 0.1) is 24.7 Å². The number of nitrogens with one attached hydrogen (secondary N) is 1. The first-order valence-corrected chi connectivity index (χ1v) is 10.1. The van der Waals surface area contributed by atoms with Crippen molar-refractivity contribution in [2.75, 3.05) is 7.11 Å². The van der Waals surface area contributed by atoms with Crippen molar-refractivity contribution in [3.63, 3.8) is 0 Å². The predicted octanol–water partition coefficient (Wildman–Crippen LogP) is 5.97. The average molecular weight is 427 g/mol. The molecule has 0 amide bonds. The highest BCUT2D eigenvalue weighted by atomic mass is 35.5. The largest absolute Gasteiger partial charge is 0.465 e. The smallest absolute Gasteiger partial charge is 0.337 e. The Morgan fingerprint density at radius 3 is 2.72 bits per heavy atom. The van der Waals surface area contributed by atoms with E-state index in [1.807, 2.05) is 36.4 Å². The molecule has 0 saturated carbocycles. The Labute approximate surface area is 181 Å². The maximum atomic E-state index is 11.8. The molecule has 1 aromatic rings. The van der Waals surface area contributed by atoms with Gasteiger partial charge in [-0.2, -0.15) is 0 Å². The summed E-state index contributed by atoms with van der Waals surface area (Å²) in [6, 6.07) is 7.67. The van der Waals surface area contributed by atoms with E-state index in [0.717, 1.165) is 15.5 Å². The molecule has 0 bridgehead atoms. The minimum absolute atomic E-state index is 0.394. The quantitative estimate of drug-likeness (QED) is 0.346. The summed E-state index contributed by atoms with van der Waals surface area (Å²) in [5.41, 5.74) is 2.00. The normalized spacial score (nSPS) is 19.5. The first-order chi connectivity index (χ1) is 14.0.